The number of hydrogen-bond acceptors (Lipinski definition) is 1. The Morgan fingerprint density at radius 1 is 1.38 bits per heavy atom. The molecule has 1 aromatic rings. The predicted octanol–water partition coefficient (Wildman–Crippen LogP) is 2.39. The maximum absolute atomic E-state index is 12.7. The van der Waals surface area contributed by atoms with Crippen LogP contribution in [0.15, 0.2) is 12.1 Å². The van der Waals surface area contributed by atoms with Crippen LogP contribution in [-0.2, 0) is 6.54 Å². The molecule has 0 saturated carbocycles. The van der Waals surface area contributed by atoms with Gasteiger partial charge in [0.25, 0.3) is 0 Å². The number of methoxy groups -OCH3 is 1. The molecular weight excluding hydrogens is 176 g/mol. The van der Waals surface area contributed by atoms with E-state index in [9.17, 15) is 8.78 Å². The van der Waals surface area contributed by atoms with E-state index in [1.54, 1.807) is 0 Å². The van der Waals surface area contributed by atoms with Gasteiger partial charge in [0.1, 0.15) is 5.75 Å². The molecule has 0 radical (unpaired) electrons. The lowest BCUT2D eigenvalue weighted by Gasteiger charge is -2.03. The van der Waals surface area contributed by atoms with E-state index in [4.69, 9.17) is 11.3 Å². The van der Waals surface area contributed by atoms with E-state index in [0.717, 1.165) is 12.1 Å². The summed E-state index contributed by atoms with van der Waals surface area (Å²) in [5, 5.41) is 0. The molecule has 4 heteroatoms. The number of hydrogen-bond donors (Lipinski definition) is 0. The molecule has 0 aliphatic heterocycles. The Morgan fingerprint density at radius 3 is 2.54 bits per heavy atom. The van der Waals surface area contributed by atoms with Crippen molar-refractivity contribution in [3.05, 3.63) is 40.7 Å². The summed E-state index contributed by atoms with van der Waals surface area (Å²) in [5.41, 5.74) is 0.358. The van der Waals surface area contributed by atoms with Crippen LogP contribution in [-0.4, -0.2) is 7.11 Å². The molecule has 0 spiro atoms. The molecule has 0 amide bonds. The molecule has 0 aromatic heterocycles. The topological polar surface area (TPSA) is 13.6 Å². The molecular formula is C9H7F2NO. The van der Waals surface area contributed by atoms with Gasteiger partial charge in [0, 0.05) is 6.07 Å². The zero-order valence-electron chi connectivity index (χ0n) is 6.97. The first-order chi connectivity index (χ1) is 6.19. The molecule has 0 unspecified atom stereocenters. The molecule has 2 nitrogen and oxygen atoms in total. The molecule has 1 aromatic carbocycles. The standard InChI is InChI=1S/C9H7F2NO/c1-12-5-6-3-7(10)8(11)4-9(6)13-2/h3-4H,5H2,2H3. The monoisotopic (exact) mass is 183 g/mol. The lowest BCUT2D eigenvalue weighted by atomic mass is 10.2. The van der Waals surface area contributed by atoms with Crippen LogP contribution < -0.4 is 4.74 Å². The summed E-state index contributed by atoms with van der Waals surface area (Å²) in [7, 11) is 1.35. The van der Waals surface area contributed by atoms with Gasteiger partial charge in [-0.25, -0.2) is 15.4 Å². The highest BCUT2D eigenvalue weighted by molar-refractivity contribution is 5.35. The van der Waals surface area contributed by atoms with Crippen molar-refractivity contribution in [2.75, 3.05) is 7.11 Å². The highest BCUT2D eigenvalue weighted by atomic mass is 19.2. The van der Waals surface area contributed by atoms with E-state index in [1.165, 1.54) is 7.11 Å². The first-order valence-corrected chi connectivity index (χ1v) is 3.54. The minimum atomic E-state index is -0.967. The van der Waals surface area contributed by atoms with Crippen molar-refractivity contribution < 1.29 is 13.5 Å². The molecule has 68 valence electrons. The average molecular weight is 183 g/mol. The number of benzene rings is 1. The molecule has 13 heavy (non-hydrogen) atoms. The van der Waals surface area contributed by atoms with Crippen molar-refractivity contribution in [1.29, 1.82) is 0 Å². The number of nitrogens with zero attached hydrogens (tertiary/aromatic N) is 1. The van der Waals surface area contributed by atoms with Gasteiger partial charge in [-0.1, -0.05) is 0 Å². The van der Waals surface area contributed by atoms with Gasteiger partial charge < -0.3 is 9.58 Å². The van der Waals surface area contributed by atoms with E-state index >= 15 is 0 Å². The predicted molar refractivity (Wildman–Crippen MR) is 43.2 cm³/mol. The zero-order chi connectivity index (χ0) is 9.84. The molecule has 0 aliphatic rings. The molecule has 0 bridgehead atoms. The largest absolute Gasteiger partial charge is 0.496 e. The fraction of sp³-hybridized carbons (Fsp3) is 0.222. The SMILES string of the molecule is [C-]#[N+]Cc1cc(F)c(F)cc1OC. The third-order valence-electron chi connectivity index (χ3n) is 1.57. The minimum absolute atomic E-state index is 0.0135. The zero-order valence-corrected chi connectivity index (χ0v) is 6.97. The molecule has 0 fully saturated rings. The molecule has 0 aliphatic carbocycles. The summed E-state index contributed by atoms with van der Waals surface area (Å²) in [6, 6.07) is 1.92. The second-order valence-electron chi connectivity index (χ2n) is 2.39. The Bertz CT molecular complexity index is 357. The van der Waals surface area contributed by atoms with Gasteiger partial charge in [0.2, 0.25) is 6.54 Å². The second kappa shape index (κ2) is 3.85. The number of halogens is 2. The van der Waals surface area contributed by atoms with Crippen molar-refractivity contribution in [2.45, 2.75) is 6.54 Å². The van der Waals surface area contributed by atoms with Gasteiger partial charge in [-0.05, 0) is 6.07 Å². The Morgan fingerprint density at radius 2 is 2.00 bits per heavy atom. The Balaban J connectivity index is 3.18. The molecule has 0 heterocycles. The van der Waals surface area contributed by atoms with E-state index in [1.807, 2.05) is 0 Å². The van der Waals surface area contributed by atoms with Gasteiger partial charge in [-0.3, -0.25) is 0 Å². The maximum Gasteiger partial charge on any atom is 0.243 e. The van der Waals surface area contributed by atoms with Gasteiger partial charge in [0.05, 0.1) is 12.7 Å². The van der Waals surface area contributed by atoms with Crippen LogP contribution in [0.5, 0.6) is 5.75 Å². The van der Waals surface area contributed by atoms with Gasteiger partial charge in [-0.15, -0.1) is 0 Å². The Kier molecular flexibility index (Phi) is 2.80. The first-order valence-electron chi connectivity index (χ1n) is 3.54. The highest BCUT2D eigenvalue weighted by Gasteiger charge is 2.11. The lowest BCUT2D eigenvalue weighted by molar-refractivity contribution is 0.402. The first kappa shape index (κ1) is 9.46. The normalized spacial score (nSPS) is 9.38. The number of ether oxygens (including phenoxy) is 1. The molecule has 0 saturated heterocycles. The van der Waals surface area contributed by atoms with Crippen LogP contribution in [0.2, 0.25) is 0 Å². The fourth-order valence-electron chi connectivity index (χ4n) is 0.969. The van der Waals surface area contributed by atoms with Crippen LogP contribution in [0.4, 0.5) is 8.78 Å². The minimum Gasteiger partial charge on any atom is -0.496 e. The summed E-state index contributed by atoms with van der Waals surface area (Å²) in [6.07, 6.45) is 0. The van der Waals surface area contributed by atoms with Crippen LogP contribution in [0, 0.1) is 18.2 Å². The maximum atomic E-state index is 12.7. The molecule has 1 rings (SSSR count). The summed E-state index contributed by atoms with van der Waals surface area (Å²) in [6.45, 7) is 6.58. The van der Waals surface area contributed by atoms with E-state index in [-0.39, 0.29) is 12.3 Å². The van der Waals surface area contributed by atoms with Crippen LogP contribution in [0.25, 0.3) is 4.85 Å². The van der Waals surface area contributed by atoms with Crippen molar-refractivity contribution in [2.24, 2.45) is 0 Å². The summed E-state index contributed by atoms with van der Waals surface area (Å²) < 4.78 is 30.1. The average Bonchev–Trinajstić information content (AvgIpc) is 2.11. The van der Waals surface area contributed by atoms with Crippen LogP contribution in [0.3, 0.4) is 0 Å². The van der Waals surface area contributed by atoms with Gasteiger partial charge in [0.15, 0.2) is 11.6 Å². The number of rotatable bonds is 2. The molecule has 0 N–H and O–H groups in total. The van der Waals surface area contributed by atoms with E-state index in [2.05, 4.69) is 4.85 Å². The van der Waals surface area contributed by atoms with E-state index in [0.29, 0.717) is 5.56 Å². The van der Waals surface area contributed by atoms with Crippen LogP contribution >= 0.6 is 0 Å². The Hall–Kier alpha value is -1.63. The quantitative estimate of drug-likeness (QED) is 0.642. The molecule has 0 atom stereocenters. The summed E-state index contributed by atoms with van der Waals surface area (Å²) >= 11 is 0. The second-order valence-corrected chi connectivity index (χ2v) is 2.39. The Labute approximate surface area is 74.6 Å². The van der Waals surface area contributed by atoms with Crippen molar-refractivity contribution in [3.63, 3.8) is 0 Å². The summed E-state index contributed by atoms with van der Waals surface area (Å²) in [4.78, 5) is 3.07. The van der Waals surface area contributed by atoms with Crippen molar-refractivity contribution in [1.82, 2.24) is 0 Å². The van der Waals surface area contributed by atoms with Crippen molar-refractivity contribution in [3.8, 4) is 5.75 Å². The van der Waals surface area contributed by atoms with Gasteiger partial charge >= 0.3 is 0 Å². The van der Waals surface area contributed by atoms with Crippen LogP contribution in [0.1, 0.15) is 5.56 Å². The lowest BCUT2D eigenvalue weighted by Crippen LogP contribution is -1.94. The van der Waals surface area contributed by atoms with Gasteiger partial charge in [-0.2, -0.15) is 0 Å². The van der Waals surface area contributed by atoms with E-state index < -0.39 is 11.6 Å². The third kappa shape index (κ3) is 1.94. The smallest absolute Gasteiger partial charge is 0.243 e. The third-order valence-corrected chi connectivity index (χ3v) is 1.57. The highest BCUT2D eigenvalue weighted by Crippen LogP contribution is 2.22. The summed E-state index contributed by atoms with van der Waals surface area (Å²) in [5.74, 6) is -1.72. The van der Waals surface area contributed by atoms with Crippen molar-refractivity contribution >= 4 is 0 Å². The fourth-order valence-corrected chi connectivity index (χ4v) is 0.969.